The largest absolute Gasteiger partial charge is 0.478 e. The number of hydrogen-bond acceptors (Lipinski definition) is 5. The van der Waals surface area contributed by atoms with Crippen LogP contribution < -0.4 is 5.32 Å². The first-order valence-corrected chi connectivity index (χ1v) is 11.0. The minimum absolute atomic E-state index is 0.000532. The minimum atomic E-state index is -0.949. The number of nitrogens with zero attached hydrogens (tertiary/aromatic N) is 3. The van der Waals surface area contributed by atoms with E-state index in [-0.39, 0.29) is 11.6 Å². The van der Waals surface area contributed by atoms with Gasteiger partial charge in [-0.15, -0.1) is 0 Å². The molecule has 4 aromatic rings. The lowest BCUT2D eigenvalue weighted by Crippen LogP contribution is -2.18. The van der Waals surface area contributed by atoms with Crippen molar-refractivity contribution in [3.63, 3.8) is 0 Å². The van der Waals surface area contributed by atoms with Gasteiger partial charge in [0.1, 0.15) is 17.8 Å². The fraction of sp³-hybridized carbons (Fsp3) is 0.0714. The van der Waals surface area contributed by atoms with Gasteiger partial charge in [-0.3, -0.25) is 4.99 Å². The molecule has 4 rings (SSSR count). The quantitative estimate of drug-likeness (QED) is 0.203. The summed E-state index contributed by atoms with van der Waals surface area (Å²) in [6.45, 7) is 9.67. The third kappa shape index (κ3) is 5.42. The van der Waals surface area contributed by atoms with Gasteiger partial charge in [-0.25, -0.2) is 14.8 Å². The van der Waals surface area contributed by atoms with Crippen molar-refractivity contribution in [2.45, 2.75) is 13.0 Å². The number of benzene rings is 2. The fourth-order valence-corrected chi connectivity index (χ4v) is 3.61. The van der Waals surface area contributed by atoms with Crippen molar-refractivity contribution in [3.8, 4) is 11.3 Å². The number of allylic oxidation sites excluding steroid dienone is 2. The molecule has 7 heteroatoms. The molecule has 174 valence electrons. The van der Waals surface area contributed by atoms with Gasteiger partial charge >= 0.3 is 5.97 Å². The summed E-state index contributed by atoms with van der Waals surface area (Å²) in [7, 11) is 0. The minimum Gasteiger partial charge on any atom is -0.478 e. The molecule has 2 aromatic heterocycles. The molecule has 0 amide bonds. The number of hydrogen-bond donors (Lipinski definition) is 3. The van der Waals surface area contributed by atoms with Crippen LogP contribution in [0.25, 0.3) is 22.3 Å². The molecule has 0 bridgehead atoms. The molecule has 0 unspecified atom stereocenters. The Hall–Kier alpha value is -4.78. The van der Waals surface area contributed by atoms with Gasteiger partial charge in [-0.2, -0.15) is 0 Å². The van der Waals surface area contributed by atoms with Gasteiger partial charge in [0, 0.05) is 18.0 Å². The van der Waals surface area contributed by atoms with Crippen molar-refractivity contribution in [2.24, 2.45) is 4.99 Å². The third-order valence-electron chi connectivity index (χ3n) is 5.52. The second-order valence-corrected chi connectivity index (χ2v) is 7.87. The van der Waals surface area contributed by atoms with Gasteiger partial charge < -0.3 is 15.4 Å². The Morgan fingerprint density at radius 3 is 2.51 bits per heavy atom. The van der Waals surface area contributed by atoms with Crippen LogP contribution in [-0.2, 0) is 0 Å². The van der Waals surface area contributed by atoms with Crippen LogP contribution >= 0.6 is 0 Å². The van der Waals surface area contributed by atoms with E-state index in [1.807, 2.05) is 43.3 Å². The third-order valence-corrected chi connectivity index (χ3v) is 5.52. The van der Waals surface area contributed by atoms with Crippen molar-refractivity contribution in [1.29, 1.82) is 0 Å². The van der Waals surface area contributed by atoms with Crippen LogP contribution in [0, 0.1) is 0 Å². The van der Waals surface area contributed by atoms with Crippen LogP contribution in [0.5, 0.6) is 0 Å². The first-order chi connectivity index (χ1) is 17.0. The number of carboxylic acid groups (broad SMARTS) is 1. The molecule has 0 radical (unpaired) electrons. The second-order valence-electron chi connectivity index (χ2n) is 7.87. The van der Waals surface area contributed by atoms with E-state index >= 15 is 0 Å². The van der Waals surface area contributed by atoms with E-state index in [9.17, 15) is 4.79 Å². The highest BCUT2D eigenvalue weighted by molar-refractivity contribution is 5.92. The smallest absolute Gasteiger partial charge is 0.335 e. The average Bonchev–Trinajstić information content (AvgIpc) is 3.32. The molecule has 0 spiro atoms. The fourth-order valence-electron chi connectivity index (χ4n) is 3.61. The van der Waals surface area contributed by atoms with E-state index in [1.54, 1.807) is 42.6 Å². The molecule has 0 saturated carbocycles. The lowest BCUT2D eigenvalue weighted by molar-refractivity contribution is 0.0697. The van der Waals surface area contributed by atoms with Crippen LogP contribution in [0.3, 0.4) is 0 Å². The zero-order valence-electron chi connectivity index (χ0n) is 19.3. The lowest BCUT2D eigenvalue weighted by Gasteiger charge is -2.15. The number of carbonyl (C=O) groups is 1. The summed E-state index contributed by atoms with van der Waals surface area (Å²) in [4.78, 5) is 27.6. The SMILES string of the molecule is C=C/C=C(\C=C)[C@@H](C)Nc1ncnc2[nH]c(-c3ccc(N=Cc4ccc(C(=O)O)cc4)cc3)cc12. The van der Waals surface area contributed by atoms with Crippen molar-refractivity contribution < 1.29 is 9.90 Å². The number of aliphatic imine (C=N–C) groups is 1. The summed E-state index contributed by atoms with van der Waals surface area (Å²) >= 11 is 0. The van der Waals surface area contributed by atoms with Crippen LogP contribution in [0.15, 0.2) is 103 Å². The molecule has 3 N–H and O–H groups in total. The summed E-state index contributed by atoms with van der Waals surface area (Å²) in [6.07, 6.45) is 8.69. The van der Waals surface area contributed by atoms with Gasteiger partial charge in [-0.1, -0.05) is 55.7 Å². The van der Waals surface area contributed by atoms with Crippen LogP contribution in [-0.4, -0.2) is 38.3 Å². The molecule has 0 aliphatic rings. The maximum absolute atomic E-state index is 11.0. The van der Waals surface area contributed by atoms with E-state index in [1.165, 1.54) is 6.33 Å². The molecule has 2 aromatic carbocycles. The second kappa shape index (κ2) is 10.4. The predicted molar refractivity (Wildman–Crippen MR) is 142 cm³/mol. The van der Waals surface area contributed by atoms with Crippen molar-refractivity contribution >= 4 is 34.7 Å². The van der Waals surface area contributed by atoms with Crippen molar-refractivity contribution in [3.05, 3.63) is 109 Å². The number of rotatable bonds is 9. The Kier molecular flexibility index (Phi) is 6.97. The zero-order chi connectivity index (χ0) is 24.8. The van der Waals surface area contributed by atoms with E-state index in [0.717, 1.165) is 44.9 Å². The number of anilines is 1. The Balaban J connectivity index is 1.53. The molecule has 2 heterocycles. The van der Waals surface area contributed by atoms with Crippen molar-refractivity contribution in [2.75, 3.05) is 5.32 Å². The number of aromatic amines is 1. The standard InChI is InChI=1S/C28H25N5O2/c1-4-6-20(5-2)18(3)32-26-24-15-25(33-27(24)31-17-30-26)21-11-13-23(14-12-21)29-16-19-7-9-22(10-8-19)28(34)35/h4-18H,1-2H2,3H3,(H,34,35)(H2,30,31,32,33)/b20-6+,29-16?/t18-/m1/s1. The van der Waals surface area contributed by atoms with E-state index in [2.05, 4.69) is 38.4 Å². The normalized spacial score (nSPS) is 12.5. The van der Waals surface area contributed by atoms with Gasteiger partial charge in [0.25, 0.3) is 0 Å². The first kappa shape index (κ1) is 23.4. The predicted octanol–water partition coefficient (Wildman–Crippen LogP) is 6.17. The lowest BCUT2D eigenvalue weighted by atomic mass is 10.1. The van der Waals surface area contributed by atoms with Crippen LogP contribution in [0.2, 0.25) is 0 Å². The summed E-state index contributed by atoms with van der Waals surface area (Å²) in [5.41, 5.74) is 5.52. The van der Waals surface area contributed by atoms with E-state index in [0.29, 0.717) is 0 Å². The first-order valence-electron chi connectivity index (χ1n) is 11.0. The average molecular weight is 464 g/mol. The Bertz CT molecular complexity index is 1430. The molecular formula is C28H25N5O2. The summed E-state index contributed by atoms with van der Waals surface area (Å²) in [5.74, 6) is -0.215. The van der Waals surface area contributed by atoms with Crippen molar-refractivity contribution in [1.82, 2.24) is 15.0 Å². The van der Waals surface area contributed by atoms with Gasteiger partial charge in [0.05, 0.1) is 16.6 Å². The maximum atomic E-state index is 11.0. The molecule has 0 saturated heterocycles. The highest BCUT2D eigenvalue weighted by Gasteiger charge is 2.12. The van der Waals surface area contributed by atoms with E-state index in [4.69, 9.17) is 5.11 Å². The Morgan fingerprint density at radius 2 is 1.86 bits per heavy atom. The summed E-state index contributed by atoms with van der Waals surface area (Å²) in [6, 6.07) is 16.4. The monoisotopic (exact) mass is 463 g/mol. The molecule has 0 aliphatic heterocycles. The number of carboxylic acids is 1. The number of aromatic nitrogens is 3. The number of aromatic carboxylic acids is 1. The molecular weight excluding hydrogens is 438 g/mol. The number of nitrogens with one attached hydrogen (secondary N) is 2. The Labute approximate surface area is 203 Å². The highest BCUT2D eigenvalue weighted by atomic mass is 16.4. The molecule has 0 fully saturated rings. The summed E-state index contributed by atoms with van der Waals surface area (Å²) in [5, 5.41) is 13.3. The number of H-pyrrole nitrogens is 1. The number of fused-ring (bicyclic) bond motifs is 1. The highest BCUT2D eigenvalue weighted by Crippen LogP contribution is 2.28. The maximum Gasteiger partial charge on any atom is 0.335 e. The Morgan fingerprint density at radius 1 is 1.11 bits per heavy atom. The molecule has 1 atom stereocenters. The molecule has 7 nitrogen and oxygen atoms in total. The topological polar surface area (TPSA) is 103 Å². The van der Waals surface area contributed by atoms with Gasteiger partial charge in [0.15, 0.2) is 0 Å². The van der Waals surface area contributed by atoms with Gasteiger partial charge in [0.2, 0.25) is 0 Å². The van der Waals surface area contributed by atoms with E-state index < -0.39 is 5.97 Å². The molecule has 0 aliphatic carbocycles. The van der Waals surface area contributed by atoms with Crippen LogP contribution in [0.1, 0.15) is 22.8 Å². The summed E-state index contributed by atoms with van der Waals surface area (Å²) < 4.78 is 0. The molecule has 35 heavy (non-hydrogen) atoms. The van der Waals surface area contributed by atoms with Crippen LogP contribution in [0.4, 0.5) is 11.5 Å². The van der Waals surface area contributed by atoms with Gasteiger partial charge in [-0.05, 0) is 54.0 Å². The zero-order valence-corrected chi connectivity index (χ0v) is 19.3.